The zero-order valence-corrected chi connectivity index (χ0v) is 18.2. The Kier molecular flexibility index (Phi) is 13.6. The van der Waals surface area contributed by atoms with Crippen molar-refractivity contribution in [2.75, 3.05) is 58.9 Å². The van der Waals surface area contributed by atoms with E-state index in [0.717, 1.165) is 12.2 Å². The number of hydrogen-bond acceptors (Lipinski definition) is 7. The van der Waals surface area contributed by atoms with Gasteiger partial charge in [0.2, 0.25) is 5.91 Å². The van der Waals surface area contributed by atoms with E-state index in [9.17, 15) is 19.5 Å². The molecule has 0 saturated carbocycles. The SMILES string of the molecule is CNCCOCCOCC(=O)NCCCCC(NC(=O)c1ccc(NC)cc1)C(=O)O. The quantitative estimate of drug-likeness (QED) is 0.221. The maximum atomic E-state index is 12.3. The number of carboxylic acid groups (broad SMARTS) is 1. The van der Waals surface area contributed by atoms with Crippen LogP contribution in [0.2, 0.25) is 0 Å². The Morgan fingerprint density at radius 2 is 1.68 bits per heavy atom. The number of amides is 2. The van der Waals surface area contributed by atoms with Crippen molar-refractivity contribution in [2.45, 2.75) is 25.3 Å². The van der Waals surface area contributed by atoms with Crippen LogP contribution in [0.3, 0.4) is 0 Å². The summed E-state index contributed by atoms with van der Waals surface area (Å²) in [7, 11) is 3.61. The van der Waals surface area contributed by atoms with Crippen LogP contribution in [-0.2, 0) is 19.1 Å². The second-order valence-electron chi connectivity index (χ2n) is 6.81. The molecular weight excluding hydrogens is 404 g/mol. The number of benzene rings is 1. The first kappa shape index (κ1) is 26.3. The van der Waals surface area contributed by atoms with Crippen LogP contribution in [0.25, 0.3) is 0 Å². The van der Waals surface area contributed by atoms with E-state index in [0.29, 0.717) is 44.8 Å². The maximum absolute atomic E-state index is 12.3. The molecule has 2 amide bonds. The lowest BCUT2D eigenvalue weighted by Gasteiger charge is -2.15. The van der Waals surface area contributed by atoms with Crippen LogP contribution >= 0.6 is 0 Å². The van der Waals surface area contributed by atoms with E-state index in [1.807, 2.05) is 7.05 Å². The van der Waals surface area contributed by atoms with Crippen molar-refractivity contribution in [3.63, 3.8) is 0 Å². The van der Waals surface area contributed by atoms with Gasteiger partial charge in [0.25, 0.3) is 5.91 Å². The number of nitrogens with one attached hydrogen (secondary N) is 4. The number of anilines is 1. The minimum absolute atomic E-state index is 0.0461. The van der Waals surface area contributed by atoms with Crippen molar-refractivity contribution < 1.29 is 29.0 Å². The highest BCUT2D eigenvalue weighted by Crippen LogP contribution is 2.09. The molecule has 1 aromatic carbocycles. The second-order valence-corrected chi connectivity index (χ2v) is 6.81. The summed E-state index contributed by atoms with van der Waals surface area (Å²) in [6.45, 7) is 2.48. The smallest absolute Gasteiger partial charge is 0.326 e. The number of carbonyl (C=O) groups excluding carboxylic acids is 2. The molecule has 0 heterocycles. The molecular formula is C21H34N4O6. The highest BCUT2D eigenvalue weighted by atomic mass is 16.5. The topological polar surface area (TPSA) is 138 Å². The van der Waals surface area contributed by atoms with Gasteiger partial charge in [-0.05, 0) is 50.6 Å². The third-order valence-electron chi connectivity index (χ3n) is 4.38. The summed E-state index contributed by atoms with van der Waals surface area (Å²) in [5.41, 5.74) is 1.25. The molecule has 0 aromatic heterocycles. The molecule has 1 rings (SSSR count). The van der Waals surface area contributed by atoms with Gasteiger partial charge < -0.3 is 35.8 Å². The van der Waals surface area contributed by atoms with E-state index < -0.39 is 17.9 Å². The molecule has 1 atom stereocenters. The predicted octanol–water partition coefficient (Wildman–Crippen LogP) is 0.450. The Bertz CT molecular complexity index is 668. The number of aliphatic carboxylic acids is 1. The zero-order chi connectivity index (χ0) is 22.9. The zero-order valence-electron chi connectivity index (χ0n) is 18.2. The lowest BCUT2D eigenvalue weighted by molar-refractivity contribution is -0.139. The summed E-state index contributed by atoms with van der Waals surface area (Å²) in [6, 6.07) is 5.76. The molecule has 0 bridgehead atoms. The second kappa shape index (κ2) is 16.1. The minimum Gasteiger partial charge on any atom is -0.480 e. The summed E-state index contributed by atoms with van der Waals surface area (Å²) in [4.78, 5) is 35.4. The van der Waals surface area contributed by atoms with Crippen molar-refractivity contribution >= 4 is 23.5 Å². The van der Waals surface area contributed by atoms with Crippen molar-refractivity contribution in [1.82, 2.24) is 16.0 Å². The van der Waals surface area contributed by atoms with Gasteiger partial charge in [0.15, 0.2) is 0 Å². The van der Waals surface area contributed by atoms with Gasteiger partial charge in [-0.1, -0.05) is 0 Å². The van der Waals surface area contributed by atoms with Gasteiger partial charge in [-0.15, -0.1) is 0 Å². The lowest BCUT2D eigenvalue weighted by atomic mass is 10.1. The van der Waals surface area contributed by atoms with E-state index >= 15 is 0 Å². The third-order valence-corrected chi connectivity index (χ3v) is 4.38. The molecule has 10 nitrogen and oxygen atoms in total. The summed E-state index contributed by atoms with van der Waals surface area (Å²) in [6.07, 6.45) is 1.40. The monoisotopic (exact) mass is 438 g/mol. The number of unbranched alkanes of at least 4 members (excludes halogenated alkanes) is 1. The first-order valence-electron chi connectivity index (χ1n) is 10.4. The Morgan fingerprint density at radius 3 is 2.32 bits per heavy atom. The summed E-state index contributed by atoms with van der Waals surface area (Å²) in [5, 5.41) is 20.5. The standard InChI is InChI=1S/C21H34N4O6/c1-22-11-12-30-13-14-31-15-19(26)24-10-4-3-5-18(21(28)29)25-20(27)16-6-8-17(23-2)9-7-16/h6-9,18,22-23H,3-5,10-15H2,1-2H3,(H,24,26)(H,25,27)(H,28,29). The molecule has 1 aromatic rings. The fourth-order valence-corrected chi connectivity index (χ4v) is 2.60. The molecule has 0 spiro atoms. The Hall–Kier alpha value is -2.69. The summed E-state index contributed by atoms with van der Waals surface area (Å²) < 4.78 is 10.5. The highest BCUT2D eigenvalue weighted by molar-refractivity contribution is 5.96. The summed E-state index contributed by atoms with van der Waals surface area (Å²) >= 11 is 0. The molecule has 10 heteroatoms. The first-order valence-corrected chi connectivity index (χ1v) is 10.4. The number of hydrogen-bond donors (Lipinski definition) is 5. The Labute approximate surface area is 183 Å². The lowest BCUT2D eigenvalue weighted by Crippen LogP contribution is -2.40. The fraction of sp³-hybridized carbons (Fsp3) is 0.571. The van der Waals surface area contributed by atoms with Crippen molar-refractivity contribution in [2.24, 2.45) is 0 Å². The summed E-state index contributed by atoms with van der Waals surface area (Å²) in [5.74, 6) is -1.76. The van der Waals surface area contributed by atoms with Gasteiger partial charge in [-0.3, -0.25) is 9.59 Å². The molecule has 0 fully saturated rings. The van der Waals surface area contributed by atoms with Crippen LogP contribution in [0.4, 0.5) is 5.69 Å². The van der Waals surface area contributed by atoms with Crippen molar-refractivity contribution in [3.8, 4) is 0 Å². The number of ether oxygens (including phenoxy) is 2. The van der Waals surface area contributed by atoms with Gasteiger partial charge in [0.05, 0.1) is 19.8 Å². The molecule has 1 unspecified atom stereocenters. The normalized spacial score (nSPS) is 11.5. The van der Waals surface area contributed by atoms with Crippen LogP contribution < -0.4 is 21.3 Å². The van der Waals surface area contributed by atoms with Gasteiger partial charge in [0, 0.05) is 31.4 Å². The van der Waals surface area contributed by atoms with E-state index in [1.165, 1.54) is 0 Å². The molecule has 0 aliphatic heterocycles. The molecule has 0 aliphatic rings. The van der Waals surface area contributed by atoms with E-state index in [1.54, 1.807) is 31.3 Å². The fourth-order valence-electron chi connectivity index (χ4n) is 2.60. The van der Waals surface area contributed by atoms with Gasteiger partial charge in [0.1, 0.15) is 12.6 Å². The molecule has 0 radical (unpaired) electrons. The molecule has 174 valence electrons. The highest BCUT2D eigenvalue weighted by Gasteiger charge is 2.20. The van der Waals surface area contributed by atoms with E-state index in [2.05, 4.69) is 21.3 Å². The molecule has 0 aliphatic carbocycles. The molecule has 31 heavy (non-hydrogen) atoms. The third kappa shape index (κ3) is 11.9. The number of carbonyl (C=O) groups is 3. The molecule has 5 N–H and O–H groups in total. The number of likely N-dealkylation sites (N-methyl/N-ethyl adjacent to an activating group) is 1. The van der Waals surface area contributed by atoms with Crippen LogP contribution in [0, 0.1) is 0 Å². The Balaban J connectivity index is 2.19. The van der Waals surface area contributed by atoms with Gasteiger partial charge >= 0.3 is 5.97 Å². The first-order chi connectivity index (χ1) is 15.0. The van der Waals surface area contributed by atoms with E-state index in [4.69, 9.17) is 9.47 Å². The van der Waals surface area contributed by atoms with Gasteiger partial charge in [-0.25, -0.2) is 4.79 Å². The average molecular weight is 439 g/mol. The van der Waals surface area contributed by atoms with Crippen LogP contribution in [-0.4, -0.2) is 82.5 Å². The van der Waals surface area contributed by atoms with Crippen LogP contribution in [0.5, 0.6) is 0 Å². The predicted molar refractivity (Wildman–Crippen MR) is 117 cm³/mol. The van der Waals surface area contributed by atoms with Gasteiger partial charge in [-0.2, -0.15) is 0 Å². The van der Waals surface area contributed by atoms with Crippen molar-refractivity contribution in [1.29, 1.82) is 0 Å². The minimum atomic E-state index is -1.09. The maximum Gasteiger partial charge on any atom is 0.326 e. The van der Waals surface area contributed by atoms with E-state index in [-0.39, 0.29) is 18.9 Å². The number of carboxylic acids is 1. The Morgan fingerprint density at radius 1 is 0.968 bits per heavy atom. The number of rotatable bonds is 17. The average Bonchev–Trinajstić information content (AvgIpc) is 2.77. The van der Waals surface area contributed by atoms with Crippen molar-refractivity contribution in [3.05, 3.63) is 29.8 Å². The van der Waals surface area contributed by atoms with Crippen LogP contribution in [0.1, 0.15) is 29.6 Å². The molecule has 0 saturated heterocycles. The van der Waals surface area contributed by atoms with Crippen LogP contribution in [0.15, 0.2) is 24.3 Å². The largest absolute Gasteiger partial charge is 0.480 e.